The summed E-state index contributed by atoms with van der Waals surface area (Å²) in [6.45, 7) is 13.1. The lowest BCUT2D eigenvalue weighted by Crippen LogP contribution is -2.42. The van der Waals surface area contributed by atoms with Gasteiger partial charge in [-0.15, -0.1) is 0 Å². The standard InChI is InChI=1S/C30H35N5/c1-20-9-5-6-12-26(20)34-16-13-24-23(18-34)29(35-15-8-14-30(3,4)19-35)33-28(32-24)22-10-7-11-25-27(22)21(2)17-31-25/h5-7,9-12,17,31H,8,13-16,18-19H2,1-4H3. The van der Waals surface area contributed by atoms with E-state index in [4.69, 9.17) is 9.97 Å². The molecule has 1 fully saturated rings. The molecule has 0 saturated carbocycles. The third-order valence-corrected chi connectivity index (χ3v) is 7.84. The number of hydrogen-bond acceptors (Lipinski definition) is 4. The van der Waals surface area contributed by atoms with Crippen LogP contribution in [0.4, 0.5) is 11.5 Å². The Balaban J connectivity index is 1.49. The van der Waals surface area contributed by atoms with E-state index >= 15 is 0 Å². The monoisotopic (exact) mass is 465 g/mol. The molecule has 6 rings (SSSR count). The normalized spacial score (nSPS) is 17.6. The first-order valence-electron chi connectivity index (χ1n) is 12.9. The van der Waals surface area contributed by atoms with Gasteiger partial charge in [0.15, 0.2) is 5.82 Å². The predicted molar refractivity (Wildman–Crippen MR) is 145 cm³/mol. The second kappa shape index (κ2) is 8.40. The first-order chi connectivity index (χ1) is 16.9. The summed E-state index contributed by atoms with van der Waals surface area (Å²) in [5.41, 5.74) is 8.96. The van der Waals surface area contributed by atoms with Crippen LogP contribution in [-0.2, 0) is 13.0 Å². The van der Waals surface area contributed by atoms with Crippen LogP contribution in [0.1, 0.15) is 49.1 Å². The fourth-order valence-corrected chi connectivity index (χ4v) is 6.05. The van der Waals surface area contributed by atoms with Gasteiger partial charge in [-0.25, -0.2) is 9.97 Å². The van der Waals surface area contributed by atoms with Gasteiger partial charge in [-0.1, -0.05) is 44.2 Å². The maximum atomic E-state index is 5.34. The number of nitrogens with one attached hydrogen (secondary N) is 1. The van der Waals surface area contributed by atoms with Gasteiger partial charge in [0, 0.05) is 66.5 Å². The van der Waals surface area contributed by atoms with Crippen molar-refractivity contribution in [1.29, 1.82) is 0 Å². The Hall–Kier alpha value is -3.34. The highest BCUT2D eigenvalue weighted by atomic mass is 15.2. The van der Waals surface area contributed by atoms with Gasteiger partial charge < -0.3 is 14.8 Å². The summed E-state index contributed by atoms with van der Waals surface area (Å²) in [6, 6.07) is 15.1. The number of aromatic amines is 1. The molecule has 2 aromatic carbocycles. The maximum Gasteiger partial charge on any atom is 0.162 e. The average molecular weight is 466 g/mol. The van der Waals surface area contributed by atoms with Crippen molar-refractivity contribution in [1.82, 2.24) is 15.0 Å². The molecule has 0 bridgehead atoms. The molecule has 4 aromatic rings. The van der Waals surface area contributed by atoms with Crippen LogP contribution >= 0.6 is 0 Å². The molecule has 0 atom stereocenters. The Kier molecular flexibility index (Phi) is 5.32. The lowest BCUT2D eigenvalue weighted by molar-refractivity contribution is 0.291. The highest BCUT2D eigenvalue weighted by molar-refractivity contribution is 5.96. The maximum absolute atomic E-state index is 5.34. The molecule has 0 amide bonds. The Morgan fingerprint density at radius 2 is 1.77 bits per heavy atom. The smallest absolute Gasteiger partial charge is 0.162 e. The summed E-state index contributed by atoms with van der Waals surface area (Å²) < 4.78 is 0. The molecule has 1 N–H and O–H groups in total. The molecule has 0 radical (unpaired) electrons. The van der Waals surface area contributed by atoms with Crippen LogP contribution in [0.3, 0.4) is 0 Å². The Morgan fingerprint density at radius 3 is 2.60 bits per heavy atom. The van der Waals surface area contributed by atoms with Crippen molar-refractivity contribution in [3.05, 3.63) is 71.0 Å². The minimum Gasteiger partial charge on any atom is -0.366 e. The third kappa shape index (κ3) is 3.97. The fraction of sp³-hybridized carbons (Fsp3) is 0.400. The highest BCUT2D eigenvalue weighted by Crippen LogP contribution is 2.38. The van der Waals surface area contributed by atoms with E-state index in [0.717, 1.165) is 55.3 Å². The summed E-state index contributed by atoms with van der Waals surface area (Å²) in [7, 11) is 0. The predicted octanol–water partition coefficient (Wildman–Crippen LogP) is 6.43. The topological polar surface area (TPSA) is 48.1 Å². The summed E-state index contributed by atoms with van der Waals surface area (Å²) in [5, 5.41) is 1.23. The number of benzene rings is 2. The van der Waals surface area contributed by atoms with Crippen LogP contribution in [0.15, 0.2) is 48.7 Å². The number of para-hydroxylation sites is 1. The Morgan fingerprint density at radius 1 is 0.914 bits per heavy atom. The summed E-state index contributed by atoms with van der Waals surface area (Å²) in [4.78, 5) is 19.0. The van der Waals surface area contributed by atoms with Gasteiger partial charge in [-0.05, 0) is 55.4 Å². The van der Waals surface area contributed by atoms with Crippen molar-refractivity contribution in [2.24, 2.45) is 5.41 Å². The van der Waals surface area contributed by atoms with Crippen molar-refractivity contribution in [2.45, 2.75) is 53.5 Å². The molecule has 4 heterocycles. The summed E-state index contributed by atoms with van der Waals surface area (Å²) >= 11 is 0. The minimum atomic E-state index is 0.290. The molecule has 1 saturated heterocycles. The molecule has 0 spiro atoms. The van der Waals surface area contributed by atoms with Gasteiger partial charge in [0.2, 0.25) is 0 Å². The van der Waals surface area contributed by atoms with E-state index < -0.39 is 0 Å². The SMILES string of the molecule is Cc1ccccc1N1CCc2nc(-c3cccc4[nH]cc(C)c34)nc(N3CCCC(C)(C)C3)c2C1. The molecule has 180 valence electrons. The Bertz CT molecular complexity index is 1400. The number of aryl methyl sites for hydroxylation is 2. The van der Waals surface area contributed by atoms with Gasteiger partial charge >= 0.3 is 0 Å². The fourth-order valence-electron chi connectivity index (χ4n) is 6.05. The molecule has 2 aliphatic heterocycles. The second-order valence-corrected chi connectivity index (χ2v) is 11.1. The molecular weight excluding hydrogens is 430 g/mol. The lowest BCUT2D eigenvalue weighted by Gasteiger charge is -2.41. The Labute approximate surface area is 208 Å². The van der Waals surface area contributed by atoms with E-state index in [0.29, 0.717) is 0 Å². The van der Waals surface area contributed by atoms with Crippen LogP contribution in [0.25, 0.3) is 22.3 Å². The van der Waals surface area contributed by atoms with Crippen molar-refractivity contribution in [3.63, 3.8) is 0 Å². The average Bonchev–Trinajstić information content (AvgIpc) is 3.24. The number of hydrogen-bond donors (Lipinski definition) is 1. The van der Waals surface area contributed by atoms with E-state index in [9.17, 15) is 0 Å². The van der Waals surface area contributed by atoms with Gasteiger partial charge in [-0.2, -0.15) is 0 Å². The number of rotatable bonds is 3. The molecule has 0 aliphatic carbocycles. The quantitative estimate of drug-likeness (QED) is 0.379. The zero-order chi connectivity index (χ0) is 24.2. The number of aromatic nitrogens is 3. The van der Waals surface area contributed by atoms with Gasteiger partial charge in [0.25, 0.3) is 0 Å². The zero-order valence-electron chi connectivity index (χ0n) is 21.4. The van der Waals surface area contributed by atoms with Gasteiger partial charge in [0.1, 0.15) is 5.82 Å². The van der Waals surface area contributed by atoms with E-state index in [1.54, 1.807) is 0 Å². The number of fused-ring (bicyclic) bond motifs is 2. The largest absolute Gasteiger partial charge is 0.366 e. The highest BCUT2D eigenvalue weighted by Gasteiger charge is 2.32. The zero-order valence-corrected chi connectivity index (χ0v) is 21.4. The minimum absolute atomic E-state index is 0.290. The van der Waals surface area contributed by atoms with E-state index in [2.05, 4.69) is 91.1 Å². The number of nitrogens with zero attached hydrogens (tertiary/aromatic N) is 4. The van der Waals surface area contributed by atoms with Crippen LogP contribution in [-0.4, -0.2) is 34.6 Å². The number of H-pyrrole nitrogens is 1. The molecule has 2 aromatic heterocycles. The lowest BCUT2D eigenvalue weighted by atomic mass is 9.84. The molecule has 2 aliphatic rings. The van der Waals surface area contributed by atoms with Crippen LogP contribution in [0.2, 0.25) is 0 Å². The van der Waals surface area contributed by atoms with Gasteiger partial charge in [-0.3, -0.25) is 0 Å². The second-order valence-electron chi connectivity index (χ2n) is 11.1. The molecule has 5 heteroatoms. The molecule has 5 nitrogen and oxygen atoms in total. The van der Waals surface area contributed by atoms with Crippen LogP contribution < -0.4 is 9.80 Å². The van der Waals surface area contributed by atoms with Crippen LogP contribution in [0.5, 0.6) is 0 Å². The van der Waals surface area contributed by atoms with Crippen molar-refractivity contribution < 1.29 is 0 Å². The molecule has 35 heavy (non-hydrogen) atoms. The third-order valence-electron chi connectivity index (χ3n) is 7.84. The van der Waals surface area contributed by atoms with E-state index in [1.165, 1.54) is 46.3 Å². The first kappa shape index (κ1) is 22.1. The first-order valence-corrected chi connectivity index (χ1v) is 12.9. The van der Waals surface area contributed by atoms with Gasteiger partial charge in [0.05, 0.1) is 5.69 Å². The van der Waals surface area contributed by atoms with Crippen molar-refractivity contribution in [3.8, 4) is 11.4 Å². The molecule has 0 unspecified atom stereocenters. The summed E-state index contributed by atoms with van der Waals surface area (Å²) in [5.74, 6) is 2.00. The van der Waals surface area contributed by atoms with Crippen molar-refractivity contribution >= 4 is 22.4 Å². The number of anilines is 2. The summed E-state index contributed by atoms with van der Waals surface area (Å²) in [6.07, 6.45) is 5.49. The molecular formula is C30H35N5. The van der Waals surface area contributed by atoms with E-state index in [-0.39, 0.29) is 5.41 Å². The van der Waals surface area contributed by atoms with Crippen molar-refractivity contribution in [2.75, 3.05) is 29.4 Å². The number of piperidine rings is 1. The van der Waals surface area contributed by atoms with E-state index in [1.807, 2.05) is 0 Å². The van der Waals surface area contributed by atoms with Crippen LogP contribution in [0, 0.1) is 19.3 Å².